The van der Waals surface area contributed by atoms with Gasteiger partial charge in [-0.05, 0) is 73.8 Å². The molecule has 2 aliphatic rings. The molecule has 3 amide bonds. The van der Waals surface area contributed by atoms with E-state index in [0.717, 1.165) is 55.3 Å². The number of sulfonamides is 1. The molecule has 0 spiro atoms. The van der Waals surface area contributed by atoms with Crippen LogP contribution in [0.25, 0.3) is 0 Å². The maximum Gasteiger partial charge on any atom is 0.333 e. The highest BCUT2D eigenvalue weighted by atomic mass is 32.2. The molecule has 2 heterocycles. The lowest BCUT2D eigenvalue weighted by molar-refractivity contribution is 0.0946. The molecule has 0 radical (unpaired) electrons. The van der Waals surface area contributed by atoms with Crippen molar-refractivity contribution in [3.8, 4) is 0 Å². The molecule has 0 unspecified atom stereocenters. The third kappa shape index (κ3) is 4.94. The van der Waals surface area contributed by atoms with Crippen LogP contribution in [-0.2, 0) is 42.3 Å². The molecule has 3 aromatic rings. The van der Waals surface area contributed by atoms with Crippen LogP contribution in [0, 0.1) is 6.92 Å². The molecule has 0 fully saturated rings. The Labute approximate surface area is 208 Å². The molecule has 188 valence electrons. The zero-order valence-electron chi connectivity index (χ0n) is 19.9. The first kappa shape index (κ1) is 23.9. The largest absolute Gasteiger partial charge is 0.349 e. The molecule has 0 saturated carbocycles. The standard InChI is InChI=1S/C24H27N7O4S/c1-15-13-27-20(14-26-15)23(32)25-9-11-31-10-8-21(29-31)36(34,35)30-24(33)28-22-18-6-2-4-16(18)12-17-5-3-7-19(17)22/h8,10,12-14H,2-7,9,11H2,1H3,(H,25,32)(H2,28,30,33). The minimum Gasteiger partial charge on any atom is -0.349 e. The molecule has 1 aromatic carbocycles. The summed E-state index contributed by atoms with van der Waals surface area (Å²) < 4.78 is 29.0. The summed E-state index contributed by atoms with van der Waals surface area (Å²) in [7, 11) is -4.17. The molecule has 0 bridgehead atoms. The van der Waals surface area contributed by atoms with Crippen molar-refractivity contribution in [2.45, 2.75) is 57.0 Å². The number of rotatable bonds is 7. The van der Waals surface area contributed by atoms with Gasteiger partial charge in [0.05, 0.1) is 18.4 Å². The van der Waals surface area contributed by atoms with E-state index in [0.29, 0.717) is 5.69 Å². The predicted molar refractivity (Wildman–Crippen MR) is 131 cm³/mol. The lowest BCUT2D eigenvalue weighted by Crippen LogP contribution is -2.35. The molecule has 11 nitrogen and oxygen atoms in total. The van der Waals surface area contributed by atoms with E-state index in [9.17, 15) is 18.0 Å². The number of hydrogen-bond donors (Lipinski definition) is 3. The fraction of sp³-hybridized carbons (Fsp3) is 0.375. The lowest BCUT2D eigenvalue weighted by Gasteiger charge is -2.16. The van der Waals surface area contributed by atoms with Crippen LogP contribution < -0.4 is 15.4 Å². The van der Waals surface area contributed by atoms with Crippen LogP contribution in [0.1, 0.15) is 51.3 Å². The van der Waals surface area contributed by atoms with Gasteiger partial charge in [0.25, 0.3) is 15.9 Å². The molecule has 3 N–H and O–H groups in total. The third-order valence-electron chi connectivity index (χ3n) is 6.47. The van der Waals surface area contributed by atoms with Crippen molar-refractivity contribution in [2.75, 3.05) is 11.9 Å². The number of nitrogens with one attached hydrogen (secondary N) is 3. The van der Waals surface area contributed by atoms with Gasteiger partial charge < -0.3 is 10.6 Å². The van der Waals surface area contributed by atoms with Crippen molar-refractivity contribution in [3.63, 3.8) is 0 Å². The number of amides is 3. The van der Waals surface area contributed by atoms with Crippen LogP contribution in [0.3, 0.4) is 0 Å². The average molecular weight is 510 g/mol. The minimum absolute atomic E-state index is 0.189. The zero-order chi connectivity index (χ0) is 25.3. The van der Waals surface area contributed by atoms with Gasteiger partial charge in [-0.2, -0.15) is 13.5 Å². The summed E-state index contributed by atoms with van der Waals surface area (Å²) in [6.45, 7) is 2.21. The number of anilines is 1. The second kappa shape index (κ2) is 9.69. The SMILES string of the molecule is Cc1cnc(C(=O)NCCn2ccc(S(=O)(=O)NC(=O)Nc3c4c(cc5c3CCC5)CCC4)n2)cn1. The van der Waals surface area contributed by atoms with E-state index in [4.69, 9.17) is 0 Å². The second-order valence-electron chi connectivity index (χ2n) is 9.01. The van der Waals surface area contributed by atoms with E-state index in [2.05, 4.69) is 36.5 Å². The molecular formula is C24H27N7O4S. The molecule has 0 atom stereocenters. The Morgan fingerprint density at radius 3 is 2.42 bits per heavy atom. The van der Waals surface area contributed by atoms with Gasteiger partial charge in [0, 0.05) is 24.6 Å². The number of hydrogen-bond acceptors (Lipinski definition) is 7. The normalized spacial score (nSPS) is 14.2. The number of benzene rings is 1. The highest BCUT2D eigenvalue weighted by Crippen LogP contribution is 2.38. The van der Waals surface area contributed by atoms with Crippen molar-refractivity contribution in [3.05, 3.63) is 64.4 Å². The number of aromatic nitrogens is 4. The van der Waals surface area contributed by atoms with Crippen molar-refractivity contribution in [1.82, 2.24) is 29.8 Å². The first-order chi connectivity index (χ1) is 17.3. The van der Waals surface area contributed by atoms with E-state index in [1.165, 1.54) is 40.5 Å². The number of carbonyl (C=O) groups excluding carboxylic acids is 2. The van der Waals surface area contributed by atoms with Gasteiger partial charge in [-0.3, -0.25) is 14.5 Å². The van der Waals surface area contributed by atoms with Gasteiger partial charge in [0.15, 0.2) is 5.03 Å². The highest BCUT2D eigenvalue weighted by Gasteiger charge is 2.27. The molecule has 36 heavy (non-hydrogen) atoms. The predicted octanol–water partition coefficient (Wildman–Crippen LogP) is 1.90. The number of nitrogens with zero attached hydrogens (tertiary/aromatic N) is 4. The van der Waals surface area contributed by atoms with Gasteiger partial charge in [0.1, 0.15) is 5.69 Å². The third-order valence-corrected chi connectivity index (χ3v) is 7.69. The van der Waals surface area contributed by atoms with E-state index >= 15 is 0 Å². The molecular weight excluding hydrogens is 482 g/mol. The van der Waals surface area contributed by atoms with Gasteiger partial charge in [-0.15, -0.1) is 0 Å². The molecule has 0 saturated heterocycles. The summed E-state index contributed by atoms with van der Waals surface area (Å²) in [6.07, 6.45) is 10.1. The Kier molecular flexibility index (Phi) is 6.44. The molecule has 0 aliphatic heterocycles. The van der Waals surface area contributed by atoms with Crippen LogP contribution in [-0.4, -0.2) is 46.6 Å². The summed E-state index contributed by atoms with van der Waals surface area (Å²) in [5.41, 5.74) is 6.38. The van der Waals surface area contributed by atoms with Crippen LogP contribution in [0.5, 0.6) is 0 Å². The summed E-state index contributed by atoms with van der Waals surface area (Å²) in [4.78, 5) is 32.9. The maximum atomic E-state index is 12.8. The Balaban J connectivity index is 1.19. The topological polar surface area (TPSA) is 148 Å². The fourth-order valence-corrected chi connectivity index (χ4v) is 5.63. The van der Waals surface area contributed by atoms with E-state index in [-0.39, 0.29) is 29.7 Å². The average Bonchev–Trinajstić information content (AvgIpc) is 3.60. The Hall–Kier alpha value is -3.80. The molecule has 2 aromatic heterocycles. The van der Waals surface area contributed by atoms with Crippen molar-refractivity contribution in [1.29, 1.82) is 0 Å². The molecule has 12 heteroatoms. The zero-order valence-corrected chi connectivity index (χ0v) is 20.7. The minimum atomic E-state index is -4.17. The van der Waals surface area contributed by atoms with Gasteiger partial charge >= 0.3 is 6.03 Å². The molecule has 5 rings (SSSR count). The highest BCUT2D eigenvalue weighted by molar-refractivity contribution is 7.90. The lowest BCUT2D eigenvalue weighted by atomic mass is 9.99. The van der Waals surface area contributed by atoms with Gasteiger partial charge in [0.2, 0.25) is 0 Å². The Morgan fingerprint density at radius 2 is 1.75 bits per heavy atom. The van der Waals surface area contributed by atoms with Gasteiger partial charge in [-0.25, -0.2) is 14.5 Å². The summed E-state index contributed by atoms with van der Waals surface area (Å²) in [5, 5.41) is 9.27. The van der Waals surface area contributed by atoms with E-state index < -0.39 is 16.1 Å². The number of carbonyl (C=O) groups is 2. The van der Waals surface area contributed by atoms with Crippen LogP contribution >= 0.6 is 0 Å². The van der Waals surface area contributed by atoms with Crippen LogP contribution in [0.4, 0.5) is 10.5 Å². The van der Waals surface area contributed by atoms with Gasteiger partial charge in [-0.1, -0.05) is 6.07 Å². The quantitative estimate of drug-likeness (QED) is 0.440. The monoisotopic (exact) mass is 509 g/mol. The Bertz CT molecular complexity index is 1400. The maximum absolute atomic E-state index is 12.8. The fourth-order valence-electron chi connectivity index (χ4n) is 4.78. The van der Waals surface area contributed by atoms with Crippen LogP contribution in [0.2, 0.25) is 0 Å². The second-order valence-corrected chi connectivity index (χ2v) is 10.6. The number of urea groups is 1. The molecule has 2 aliphatic carbocycles. The van der Waals surface area contributed by atoms with E-state index in [1.54, 1.807) is 6.92 Å². The summed E-state index contributed by atoms with van der Waals surface area (Å²) >= 11 is 0. The summed E-state index contributed by atoms with van der Waals surface area (Å²) in [5.74, 6) is -0.389. The van der Waals surface area contributed by atoms with Crippen molar-refractivity contribution < 1.29 is 18.0 Å². The van der Waals surface area contributed by atoms with Crippen LogP contribution in [0.15, 0.2) is 35.7 Å². The van der Waals surface area contributed by atoms with Crippen molar-refractivity contribution >= 4 is 27.6 Å². The first-order valence-electron chi connectivity index (χ1n) is 11.9. The first-order valence-corrected chi connectivity index (χ1v) is 13.4. The smallest absolute Gasteiger partial charge is 0.333 e. The number of aryl methyl sites for hydroxylation is 3. The van der Waals surface area contributed by atoms with Crippen molar-refractivity contribution in [2.24, 2.45) is 0 Å². The Morgan fingerprint density at radius 1 is 1.03 bits per heavy atom. The summed E-state index contributed by atoms with van der Waals surface area (Å²) in [6, 6.07) is 2.75. The number of fused-ring (bicyclic) bond motifs is 2. The van der Waals surface area contributed by atoms with E-state index in [1.807, 2.05) is 0 Å².